The number of fused-ring (bicyclic) bond motifs is 2. The van der Waals surface area contributed by atoms with Gasteiger partial charge in [0.1, 0.15) is 17.9 Å². The Labute approximate surface area is 219 Å². The molecule has 1 amide bonds. The fourth-order valence-corrected chi connectivity index (χ4v) is 6.18. The normalized spacial score (nSPS) is 21.9. The topological polar surface area (TPSA) is 80.0 Å². The van der Waals surface area contributed by atoms with Gasteiger partial charge in [-0.2, -0.15) is 0 Å². The fraction of sp³-hybridized carbons (Fsp3) is 0.448. The number of likely N-dealkylation sites (tertiary alicyclic amines) is 1. The van der Waals surface area contributed by atoms with Gasteiger partial charge in [0.2, 0.25) is 5.91 Å². The summed E-state index contributed by atoms with van der Waals surface area (Å²) in [6, 6.07) is 13.4. The van der Waals surface area contributed by atoms with Gasteiger partial charge in [0, 0.05) is 46.9 Å². The fourth-order valence-electron chi connectivity index (χ4n) is 5.73. The van der Waals surface area contributed by atoms with Crippen LogP contribution in [-0.4, -0.2) is 34.6 Å². The van der Waals surface area contributed by atoms with E-state index in [1.807, 2.05) is 48.2 Å². The summed E-state index contributed by atoms with van der Waals surface area (Å²) in [4.78, 5) is 27.7. The van der Waals surface area contributed by atoms with Crippen molar-refractivity contribution in [3.8, 4) is 5.75 Å². The van der Waals surface area contributed by atoms with Crippen LogP contribution in [-0.2, 0) is 17.8 Å². The molecule has 6 nitrogen and oxygen atoms in total. The zero-order valence-corrected chi connectivity index (χ0v) is 22.2. The summed E-state index contributed by atoms with van der Waals surface area (Å²) in [6.07, 6.45) is 5.24. The average Bonchev–Trinajstić information content (AvgIpc) is 2.86. The van der Waals surface area contributed by atoms with E-state index >= 15 is 0 Å². The van der Waals surface area contributed by atoms with Crippen molar-refractivity contribution in [3.63, 3.8) is 0 Å². The lowest BCUT2D eigenvalue weighted by Gasteiger charge is -2.47. The van der Waals surface area contributed by atoms with Crippen LogP contribution in [0.5, 0.6) is 5.75 Å². The lowest BCUT2D eigenvalue weighted by Crippen LogP contribution is -2.54. The van der Waals surface area contributed by atoms with Gasteiger partial charge in [0.15, 0.2) is 0 Å². The summed E-state index contributed by atoms with van der Waals surface area (Å²) in [5.74, 6) is 0.829. The van der Waals surface area contributed by atoms with Gasteiger partial charge in [0.25, 0.3) is 0 Å². The predicted molar refractivity (Wildman–Crippen MR) is 142 cm³/mol. The Morgan fingerprint density at radius 3 is 2.92 bits per heavy atom. The zero-order valence-electron chi connectivity index (χ0n) is 20.6. The number of nitrogens with zero attached hydrogens (tertiary/aromatic N) is 1. The van der Waals surface area contributed by atoms with Crippen LogP contribution in [0.4, 0.5) is 0 Å². The van der Waals surface area contributed by atoms with E-state index in [0.717, 1.165) is 46.7 Å². The van der Waals surface area contributed by atoms with Crippen molar-refractivity contribution in [3.05, 3.63) is 74.0 Å². The quantitative estimate of drug-likeness (QED) is 0.406. The number of hydrogen-bond donors (Lipinski definition) is 1. The number of benzene rings is 2. The number of carbonyl (C=O) groups excluding carboxylic acids is 1. The number of carbonyl (C=O) groups is 1. The molecule has 1 saturated heterocycles. The molecule has 1 aliphatic heterocycles. The van der Waals surface area contributed by atoms with Crippen LogP contribution in [0, 0.1) is 12.8 Å². The van der Waals surface area contributed by atoms with E-state index in [0.29, 0.717) is 49.4 Å². The third-order valence-corrected chi connectivity index (χ3v) is 8.42. The van der Waals surface area contributed by atoms with Crippen LogP contribution in [0.15, 0.2) is 56.1 Å². The monoisotopic (exact) mass is 553 g/mol. The van der Waals surface area contributed by atoms with E-state index in [1.165, 1.54) is 0 Å². The first kappa shape index (κ1) is 25.0. The third kappa shape index (κ3) is 5.23. The largest absolute Gasteiger partial charge is 0.489 e. The van der Waals surface area contributed by atoms with Crippen molar-refractivity contribution >= 4 is 32.8 Å². The Morgan fingerprint density at radius 2 is 2.08 bits per heavy atom. The van der Waals surface area contributed by atoms with Gasteiger partial charge in [-0.25, -0.2) is 4.79 Å². The zero-order chi connectivity index (χ0) is 25.3. The molecule has 0 radical (unpaired) electrons. The highest BCUT2D eigenvalue weighted by atomic mass is 79.9. The molecule has 2 aromatic carbocycles. The molecule has 2 fully saturated rings. The molecule has 190 valence electrons. The van der Waals surface area contributed by atoms with E-state index in [4.69, 9.17) is 9.15 Å². The molecule has 36 heavy (non-hydrogen) atoms. The van der Waals surface area contributed by atoms with E-state index in [2.05, 4.69) is 15.9 Å². The molecule has 0 bridgehead atoms. The highest BCUT2D eigenvalue weighted by Crippen LogP contribution is 2.40. The molecule has 0 unspecified atom stereocenters. The molecule has 2 heterocycles. The SMILES string of the molecule is Cc1c(CCC(=O)N2CC[C@@]3(O)CCCC[C@@H]3C2)c(=O)oc2cc(OCc3cccc(Br)c3)ccc12. The number of aryl methyl sites for hydroxylation is 1. The van der Waals surface area contributed by atoms with Crippen LogP contribution in [0.25, 0.3) is 11.0 Å². The van der Waals surface area contributed by atoms with Crippen LogP contribution < -0.4 is 10.4 Å². The summed E-state index contributed by atoms with van der Waals surface area (Å²) in [7, 11) is 0. The minimum Gasteiger partial charge on any atom is -0.489 e. The highest BCUT2D eigenvalue weighted by Gasteiger charge is 2.43. The Hall–Kier alpha value is -2.64. The van der Waals surface area contributed by atoms with Gasteiger partial charge in [-0.1, -0.05) is 40.9 Å². The summed E-state index contributed by atoms with van der Waals surface area (Å²) in [5, 5.41) is 11.7. The molecule has 5 rings (SSSR count). The predicted octanol–water partition coefficient (Wildman–Crippen LogP) is 5.53. The first-order valence-electron chi connectivity index (χ1n) is 12.8. The van der Waals surface area contributed by atoms with Gasteiger partial charge in [0.05, 0.1) is 5.60 Å². The number of hydrogen-bond acceptors (Lipinski definition) is 5. The molecular formula is C29H32BrNO5. The molecule has 7 heteroatoms. The molecule has 3 aromatic rings. The van der Waals surface area contributed by atoms with Gasteiger partial charge in [-0.3, -0.25) is 4.79 Å². The molecular weight excluding hydrogens is 522 g/mol. The molecule has 2 atom stereocenters. The maximum absolute atomic E-state index is 13.0. The molecule has 1 aliphatic carbocycles. The van der Waals surface area contributed by atoms with Crippen molar-refractivity contribution in [2.24, 2.45) is 5.92 Å². The third-order valence-electron chi connectivity index (χ3n) is 7.92. The standard InChI is InChI=1S/C29H32BrNO5/c1-19-24-9-8-23(35-18-20-5-4-7-22(30)15-20)16-26(24)36-28(33)25(19)10-11-27(32)31-14-13-29(34)12-3-2-6-21(29)17-31/h4-5,7-9,15-16,21,34H,2-3,6,10-14,17-18H2,1H3/t21-,29+/m1/s1. The van der Waals surface area contributed by atoms with Gasteiger partial charge in [-0.15, -0.1) is 0 Å². The average molecular weight is 554 g/mol. The maximum Gasteiger partial charge on any atom is 0.339 e. The van der Waals surface area contributed by atoms with E-state index in [-0.39, 0.29) is 18.2 Å². The molecule has 1 aromatic heterocycles. The van der Waals surface area contributed by atoms with Crippen LogP contribution >= 0.6 is 15.9 Å². The Balaban J connectivity index is 1.25. The van der Waals surface area contributed by atoms with Crippen LogP contribution in [0.2, 0.25) is 0 Å². The lowest BCUT2D eigenvalue weighted by atomic mass is 9.71. The number of rotatable bonds is 6. The van der Waals surface area contributed by atoms with Gasteiger partial charge < -0.3 is 19.2 Å². The van der Waals surface area contributed by atoms with Crippen molar-refractivity contribution in [1.82, 2.24) is 4.90 Å². The van der Waals surface area contributed by atoms with Crippen molar-refractivity contribution < 1.29 is 19.1 Å². The van der Waals surface area contributed by atoms with E-state index in [1.54, 1.807) is 6.07 Å². The number of ether oxygens (including phenoxy) is 1. The summed E-state index contributed by atoms with van der Waals surface area (Å²) < 4.78 is 12.5. The van der Waals surface area contributed by atoms with Crippen molar-refractivity contribution in [1.29, 1.82) is 0 Å². The van der Waals surface area contributed by atoms with Crippen molar-refractivity contribution in [2.75, 3.05) is 13.1 Å². The second-order valence-corrected chi connectivity index (χ2v) is 11.1. The number of piperidine rings is 1. The Kier molecular flexibility index (Phi) is 7.22. The van der Waals surface area contributed by atoms with Gasteiger partial charge >= 0.3 is 5.63 Å². The minimum atomic E-state index is -0.606. The summed E-state index contributed by atoms with van der Waals surface area (Å²) >= 11 is 3.46. The number of amides is 1. The highest BCUT2D eigenvalue weighted by molar-refractivity contribution is 9.10. The molecule has 2 aliphatic rings. The number of aliphatic hydroxyl groups is 1. The number of halogens is 1. The first-order chi connectivity index (χ1) is 17.3. The molecule has 0 spiro atoms. The van der Waals surface area contributed by atoms with Gasteiger partial charge in [-0.05, 0) is 68.0 Å². The lowest BCUT2D eigenvalue weighted by molar-refractivity contribution is -0.143. The first-order valence-corrected chi connectivity index (χ1v) is 13.6. The van der Waals surface area contributed by atoms with Crippen LogP contribution in [0.3, 0.4) is 0 Å². The summed E-state index contributed by atoms with van der Waals surface area (Å²) in [6.45, 7) is 3.51. The molecule has 1 saturated carbocycles. The van der Waals surface area contributed by atoms with Crippen molar-refractivity contribution in [2.45, 2.75) is 64.1 Å². The summed E-state index contributed by atoms with van der Waals surface area (Å²) in [5.41, 5.74) is 1.89. The second-order valence-electron chi connectivity index (χ2n) is 10.2. The Bertz CT molecular complexity index is 1330. The molecule has 1 N–H and O–H groups in total. The van der Waals surface area contributed by atoms with E-state index in [9.17, 15) is 14.7 Å². The minimum absolute atomic E-state index is 0.0396. The van der Waals surface area contributed by atoms with Crippen LogP contribution in [0.1, 0.15) is 55.2 Å². The maximum atomic E-state index is 13.0. The smallest absolute Gasteiger partial charge is 0.339 e. The van der Waals surface area contributed by atoms with E-state index < -0.39 is 11.2 Å². The Morgan fingerprint density at radius 1 is 1.22 bits per heavy atom. The second kappa shape index (κ2) is 10.4.